The molecule has 0 aliphatic rings. The Labute approximate surface area is 148 Å². The van der Waals surface area contributed by atoms with E-state index in [1.54, 1.807) is 7.11 Å². The summed E-state index contributed by atoms with van der Waals surface area (Å²) >= 11 is 3.46. The first-order valence-corrected chi connectivity index (χ1v) is 8.76. The highest BCUT2D eigenvalue weighted by Crippen LogP contribution is 2.32. The van der Waals surface area contributed by atoms with Gasteiger partial charge in [0.05, 0.1) is 11.6 Å². The van der Waals surface area contributed by atoms with Crippen LogP contribution in [-0.4, -0.2) is 17.4 Å². The molecule has 5 heteroatoms. The summed E-state index contributed by atoms with van der Waals surface area (Å²) in [6.07, 6.45) is -0.0958. The van der Waals surface area contributed by atoms with Crippen LogP contribution in [0.2, 0.25) is 0 Å². The lowest BCUT2D eigenvalue weighted by atomic mass is 10.0. The summed E-state index contributed by atoms with van der Waals surface area (Å²) in [5, 5.41) is 1.59. The van der Waals surface area contributed by atoms with E-state index in [0.717, 1.165) is 16.5 Å². The maximum Gasteiger partial charge on any atom is 0.248 e. The maximum atomic E-state index is 11.8. The smallest absolute Gasteiger partial charge is 0.248 e. The van der Waals surface area contributed by atoms with Gasteiger partial charge >= 0.3 is 0 Å². The van der Waals surface area contributed by atoms with Crippen molar-refractivity contribution < 1.29 is 9.47 Å². The average molecular weight is 388 g/mol. The van der Waals surface area contributed by atoms with Crippen molar-refractivity contribution >= 4 is 26.8 Å². The number of pyridine rings is 1. The number of alkyl halides is 1. The molecular weight excluding hydrogens is 370 g/mol. The highest BCUT2D eigenvalue weighted by atomic mass is 79.9. The number of hydrogen-bond acceptors (Lipinski definition) is 3. The Balaban J connectivity index is 2.01. The van der Waals surface area contributed by atoms with Crippen LogP contribution in [0.4, 0.5) is 0 Å². The number of methoxy groups -OCH3 is 1. The third-order valence-electron chi connectivity index (χ3n) is 3.90. The van der Waals surface area contributed by atoms with Crippen molar-refractivity contribution in [2.75, 3.05) is 12.4 Å². The number of nitrogens with one attached hydrogen (secondary N) is 1. The zero-order chi connectivity index (χ0) is 16.9. The summed E-state index contributed by atoms with van der Waals surface area (Å²) in [4.78, 5) is 14.7. The highest BCUT2D eigenvalue weighted by molar-refractivity contribution is 9.09. The number of H-pyrrole nitrogens is 1. The van der Waals surface area contributed by atoms with E-state index < -0.39 is 0 Å². The second-order valence-corrected chi connectivity index (χ2v) is 6.06. The monoisotopic (exact) mass is 387 g/mol. The van der Waals surface area contributed by atoms with Gasteiger partial charge in [0, 0.05) is 23.9 Å². The molecule has 0 bridgehead atoms. The normalized spacial score (nSPS) is 12.2. The number of aromatic amines is 1. The SMILES string of the molecule is COC(CBr)c1ccc(OCc2ccccc2)c2[nH]c(=O)ccc12. The van der Waals surface area contributed by atoms with Gasteiger partial charge in [-0.25, -0.2) is 0 Å². The number of halogens is 1. The van der Waals surface area contributed by atoms with E-state index in [1.165, 1.54) is 6.07 Å². The van der Waals surface area contributed by atoms with Gasteiger partial charge in [0.25, 0.3) is 0 Å². The van der Waals surface area contributed by atoms with Gasteiger partial charge in [0.1, 0.15) is 12.4 Å². The number of aromatic nitrogens is 1. The van der Waals surface area contributed by atoms with Gasteiger partial charge in [-0.05, 0) is 23.3 Å². The Morgan fingerprint density at radius 1 is 1.08 bits per heavy atom. The molecule has 0 spiro atoms. The van der Waals surface area contributed by atoms with Gasteiger partial charge in [0.15, 0.2) is 0 Å². The summed E-state index contributed by atoms with van der Waals surface area (Å²) in [6.45, 7) is 0.443. The first kappa shape index (κ1) is 16.7. The molecule has 3 rings (SSSR count). The standard InChI is InChI=1S/C19H18BrNO3/c1-23-17(11-20)14-7-9-16(19-15(14)8-10-18(22)21-19)24-12-13-5-3-2-4-6-13/h2-10,17H,11-12H2,1H3,(H,21,22). The first-order valence-electron chi connectivity index (χ1n) is 7.64. The Kier molecular flexibility index (Phi) is 5.33. The van der Waals surface area contributed by atoms with Gasteiger partial charge in [-0.2, -0.15) is 0 Å². The molecule has 4 nitrogen and oxygen atoms in total. The minimum atomic E-state index is -0.156. The molecule has 0 saturated carbocycles. The first-order chi connectivity index (χ1) is 11.7. The van der Waals surface area contributed by atoms with Crippen molar-refractivity contribution in [3.05, 3.63) is 76.1 Å². The van der Waals surface area contributed by atoms with E-state index in [-0.39, 0.29) is 11.7 Å². The number of ether oxygens (including phenoxy) is 2. The summed E-state index contributed by atoms with van der Waals surface area (Å²) in [5.74, 6) is 0.653. The molecule has 1 heterocycles. The third kappa shape index (κ3) is 3.52. The lowest BCUT2D eigenvalue weighted by molar-refractivity contribution is 0.125. The van der Waals surface area contributed by atoms with Crippen LogP contribution >= 0.6 is 15.9 Å². The van der Waals surface area contributed by atoms with Gasteiger partial charge < -0.3 is 14.5 Å². The summed E-state index contributed by atoms with van der Waals surface area (Å²) in [6, 6.07) is 17.1. The van der Waals surface area contributed by atoms with E-state index >= 15 is 0 Å². The molecule has 3 aromatic rings. The van der Waals surface area contributed by atoms with Crippen molar-refractivity contribution in [2.24, 2.45) is 0 Å². The molecule has 1 aromatic heterocycles. The molecular formula is C19H18BrNO3. The van der Waals surface area contributed by atoms with Crippen LogP contribution in [0, 0.1) is 0 Å². The number of hydrogen-bond donors (Lipinski definition) is 1. The fourth-order valence-electron chi connectivity index (χ4n) is 2.66. The van der Waals surface area contributed by atoms with E-state index in [2.05, 4.69) is 20.9 Å². The van der Waals surface area contributed by atoms with E-state index in [9.17, 15) is 4.79 Å². The molecule has 1 N–H and O–H groups in total. The molecule has 124 valence electrons. The quantitative estimate of drug-likeness (QED) is 0.645. The maximum absolute atomic E-state index is 11.8. The second kappa shape index (κ2) is 7.64. The van der Waals surface area contributed by atoms with Gasteiger partial charge in [-0.3, -0.25) is 4.79 Å². The van der Waals surface area contributed by atoms with Gasteiger partial charge in [-0.1, -0.05) is 52.3 Å². The molecule has 0 fully saturated rings. The molecule has 0 amide bonds. The lowest BCUT2D eigenvalue weighted by Crippen LogP contribution is -2.09. The fourth-order valence-corrected chi connectivity index (χ4v) is 3.27. The molecule has 0 radical (unpaired) electrons. The lowest BCUT2D eigenvalue weighted by Gasteiger charge is -2.17. The highest BCUT2D eigenvalue weighted by Gasteiger charge is 2.15. The molecule has 0 aliphatic heterocycles. The van der Waals surface area contributed by atoms with Crippen molar-refractivity contribution in [3.8, 4) is 5.75 Å². The summed E-state index contributed by atoms with van der Waals surface area (Å²) in [5.41, 5.74) is 2.62. The Hall–Kier alpha value is -2.11. The van der Waals surface area contributed by atoms with Crippen LogP contribution in [0.15, 0.2) is 59.4 Å². The zero-order valence-corrected chi connectivity index (χ0v) is 14.9. The largest absolute Gasteiger partial charge is 0.487 e. The van der Waals surface area contributed by atoms with E-state index in [1.807, 2.05) is 48.5 Å². The van der Waals surface area contributed by atoms with Crippen molar-refractivity contribution in [1.82, 2.24) is 4.98 Å². The topological polar surface area (TPSA) is 51.3 Å². The fraction of sp³-hybridized carbons (Fsp3) is 0.211. The van der Waals surface area contributed by atoms with E-state index in [4.69, 9.17) is 9.47 Å². The van der Waals surface area contributed by atoms with Crippen LogP contribution in [0.1, 0.15) is 17.2 Å². The predicted molar refractivity (Wildman–Crippen MR) is 98.9 cm³/mol. The van der Waals surface area contributed by atoms with Crippen LogP contribution in [-0.2, 0) is 11.3 Å². The van der Waals surface area contributed by atoms with Crippen LogP contribution in [0.5, 0.6) is 5.75 Å². The number of fused-ring (bicyclic) bond motifs is 1. The number of benzene rings is 2. The minimum absolute atomic E-state index is 0.0958. The molecule has 0 aliphatic carbocycles. The average Bonchev–Trinajstić information content (AvgIpc) is 2.62. The van der Waals surface area contributed by atoms with Crippen LogP contribution < -0.4 is 10.3 Å². The van der Waals surface area contributed by atoms with Crippen molar-refractivity contribution in [3.63, 3.8) is 0 Å². The molecule has 1 unspecified atom stereocenters. The Bertz CT molecular complexity index is 873. The Morgan fingerprint density at radius 3 is 2.58 bits per heavy atom. The molecule has 24 heavy (non-hydrogen) atoms. The molecule has 0 saturated heterocycles. The minimum Gasteiger partial charge on any atom is -0.487 e. The second-order valence-electron chi connectivity index (χ2n) is 5.42. The number of rotatable bonds is 6. The summed E-state index contributed by atoms with van der Waals surface area (Å²) < 4.78 is 11.5. The van der Waals surface area contributed by atoms with Gasteiger partial charge in [-0.15, -0.1) is 0 Å². The van der Waals surface area contributed by atoms with Gasteiger partial charge in [0.2, 0.25) is 5.56 Å². The zero-order valence-electron chi connectivity index (χ0n) is 13.3. The third-order valence-corrected chi connectivity index (χ3v) is 4.49. The molecule has 2 aromatic carbocycles. The Morgan fingerprint density at radius 2 is 1.88 bits per heavy atom. The van der Waals surface area contributed by atoms with E-state index in [0.29, 0.717) is 23.2 Å². The van der Waals surface area contributed by atoms with Crippen LogP contribution in [0.25, 0.3) is 10.9 Å². The summed E-state index contributed by atoms with van der Waals surface area (Å²) in [7, 11) is 1.67. The van der Waals surface area contributed by atoms with Crippen LogP contribution in [0.3, 0.4) is 0 Å². The van der Waals surface area contributed by atoms with Crippen molar-refractivity contribution in [1.29, 1.82) is 0 Å². The predicted octanol–water partition coefficient (Wildman–Crippen LogP) is 4.19. The van der Waals surface area contributed by atoms with Crippen molar-refractivity contribution in [2.45, 2.75) is 12.7 Å². The molecule has 1 atom stereocenters.